The quantitative estimate of drug-likeness (QED) is 0.612. The van der Waals surface area contributed by atoms with E-state index in [1.807, 2.05) is 41.5 Å². The summed E-state index contributed by atoms with van der Waals surface area (Å²) in [5.74, 6) is 1.57. The number of pyridine rings is 1. The monoisotopic (exact) mass is 460 g/mol. The number of allylic oxidation sites excluding steroid dienone is 2. The Morgan fingerprint density at radius 2 is 1.74 bits per heavy atom. The zero-order chi connectivity index (χ0) is 23.5. The Morgan fingerprint density at radius 3 is 2.44 bits per heavy atom. The van der Waals surface area contributed by atoms with Crippen LogP contribution >= 0.6 is 0 Å². The first-order valence-corrected chi connectivity index (χ1v) is 12.1. The van der Waals surface area contributed by atoms with Gasteiger partial charge in [0.25, 0.3) is 0 Å². The first-order valence-electron chi connectivity index (χ1n) is 12.1. The molecule has 0 bridgehead atoms. The van der Waals surface area contributed by atoms with Crippen LogP contribution in [0.15, 0.2) is 59.8 Å². The summed E-state index contributed by atoms with van der Waals surface area (Å²) in [6.45, 7) is 2.71. The number of aromatic nitrogens is 1. The number of carbonyl (C=O) groups is 1. The molecule has 0 saturated carbocycles. The van der Waals surface area contributed by atoms with Crippen molar-refractivity contribution in [2.75, 3.05) is 27.3 Å². The molecule has 1 fully saturated rings. The topological polar surface area (TPSA) is 67.3 Å². The van der Waals surface area contributed by atoms with Crippen molar-refractivity contribution in [3.63, 3.8) is 0 Å². The Morgan fingerprint density at radius 1 is 0.971 bits per heavy atom. The number of carbonyl (C=O) groups excluding carboxylic acids is 1. The SMILES string of the molecule is COc1ccc(C2=NN(C3CCN(Cc4ccccn4)CC3)C(=O)[C@@H]3CC=CC[C@H]23)cc1OC. The van der Waals surface area contributed by atoms with Crippen LogP contribution in [0.4, 0.5) is 0 Å². The van der Waals surface area contributed by atoms with Gasteiger partial charge in [0.1, 0.15) is 0 Å². The fraction of sp³-hybridized carbons (Fsp3) is 0.444. The van der Waals surface area contributed by atoms with Crippen LogP contribution in [0.25, 0.3) is 0 Å². The number of fused-ring (bicyclic) bond motifs is 1. The minimum Gasteiger partial charge on any atom is -0.493 e. The van der Waals surface area contributed by atoms with Crippen molar-refractivity contribution < 1.29 is 14.3 Å². The van der Waals surface area contributed by atoms with Gasteiger partial charge in [-0.25, -0.2) is 5.01 Å². The van der Waals surface area contributed by atoms with Crippen LogP contribution in [0, 0.1) is 11.8 Å². The van der Waals surface area contributed by atoms with Crippen molar-refractivity contribution >= 4 is 11.6 Å². The second kappa shape index (κ2) is 9.97. The molecular formula is C27H32N4O3. The van der Waals surface area contributed by atoms with E-state index < -0.39 is 0 Å². The van der Waals surface area contributed by atoms with Gasteiger partial charge in [0.15, 0.2) is 11.5 Å². The van der Waals surface area contributed by atoms with Crippen molar-refractivity contribution in [1.82, 2.24) is 14.9 Å². The summed E-state index contributed by atoms with van der Waals surface area (Å²) >= 11 is 0. The Kier molecular flexibility index (Phi) is 6.63. The molecule has 1 aliphatic carbocycles. The molecule has 1 aromatic carbocycles. The zero-order valence-corrected chi connectivity index (χ0v) is 19.9. The first kappa shape index (κ1) is 22.6. The molecule has 34 heavy (non-hydrogen) atoms. The Labute approximate surface area is 201 Å². The minimum absolute atomic E-state index is 0.0582. The molecule has 2 atom stereocenters. The lowest BCUT2D eigenvalue weighted by Crippen LogP contribution is -2.52. The van der Waals surface area contributed by atoms with Gasteiger partial charge in [-0.2, -0.15) is 5.10 Å². The van der Waals surface area contributed by atoms with E-state index in [-0.39, 0.29) is 23.8 Å². The number of hydrogen-bond donors (Lipinski definition) is 0. The summed E-state index contributed by atoms with van der Waals surface area (Å²) < 4.78 is 11.0. The van der Waals surface area contributed by atoms with E-state index in [4.69, 9.17) is 14.6 Å². The third-order valence-corrected chi connectivity index (χ3v) is 7.24. The van der Waals surface area contributed by atoms with Crippen molar-refractivity contribution in [2.24, 2.45) is 16.9 Å². The number of methoxy groups -OCH3 is 2. The molecule has 2 aliphatic heterocycles. The third kappa shape index (κ3) is 4.44. The van der Waals surface area contributed by atoms with Crippen LogP contribution in [-0.4, -0.2) is 59.9 Å². The average molecular weight is 461 g/mol. The second-order valence-corrected chi connectivity index (χ2v) is 9.22. The van der Waals surface area contributed by atoms with Gasteiger partial charge in [-0.1, -0.05) is 18.2 Å². The van der Waals surface area contributed by atoms with E-state index >= 15 is 0 Å². The Hall–Kier alpha value is -3.19. The molecule has 5 rings (SSSR count). The summed E-state index contributed by atoms with van der Waals surface area (Å²) in [4.78, 5) is 20.4. The molecule has 1 saturated heterocycles. The van der Waals surface area contributed by atoms with E-state index in [0.717, 1.165) is 62.3 Å². The molecule has 2 aromatic rings. The summed E-state index contributed by atoms with van der Waals surface area (Å²) in [6.07, 6.45) is 9.59. The van der Waals surface area contributed by atoms with Crippen molar-refractivity contribution in [3.05, 3.63) is 66.0 Å². The summed E-state index contributed by atoms with van der Waals surface area (Å²) in [6, 6.07) is 12.1. The van der Waals surface area contributed by atoms with Crippen LogP contribution in [0.1, 0.15) is 36.9 Å². The van der Waals surface area contributed by atoms with Crippen LogP contribution in [-0.2, 0) is 11.3 Å². The molecule has 3 heterocycles. The highest BCUT2D eigenvalue weighted by atomic mass is 16.5. The van der Waals surface area contributed by atoms with E-state index in [1.165, 1.54) is 0 Å². The summed E-state index contributed by atoms with van der Waals surface area (Å²) in [5, 5.41) is 6.83. The third-order valence-electron chi connectivity index (χ3n) is 7.24. The lowest BCUT2D eigenvalue weighted by molar-refractivity contribution is -0.141. The van der Waals surface area contributed by atoms with Gasteiger partial charge in [-0.15, -0.1) is 0 Å². The molecule has 1 amide bonds. The molecule has 0 radical (unpaired) electrons. The van der Waals surface area contributed by atoms with Crippen LogP contribution < -0.4 is 9.47 Å². The van der Waals surface area contributed by atoms with E-state index in [9.17, 15) is 4.79 Å². The molecule has 0 N–H and O–H groups in total. The number of benzene rings is 1. The fourth-order valence-electron chi connectivity index (χ4n) is 5.37. The summed E-state index contributed by atoms with van der Waals surface area (Å²) in [5.41, 5.74) is 3.06. The molecule has 7 nitrogen and oxygen atoms in total. The van der Waals surface area contributed by atoms with Gasteiger partial charge in [-0.05, 0) is 56.0 Å². The lowest BCUT2D eigenvalue weighted by atomic mass is 9.76. The average Bonchev–Trinajstić information content (AvgIpc) is 2.90. The van der Waals surface area contributed by atoms with Crippen molar-refractivity contribution in [1.29, 1.82) is 0 Å². The summed E-state index contributed by atoms with van der Waals surface area (Å²) in [7, 11) is 3.28. The predicted molar refractivity (Wildman–Crippen MR) is 131 cm³/mol. The van der Waals surface area contributed by atoms with Crippen LogP contribution in [0.2, 0.25) is 0 Å². The van der Waals surface area contributed by atoms with E-state index in [0.29, 0.717) is 11.5 Å². The number of amides is 1. The smallest absolute Gasteiger partial charge is 0.247 e. The maximum atomic E-state index is 13.5. The molecular weight excluding hydrogens is 428 g/mol. The fourth-order valence-corrected chi connectivity index (χ4v) is 5.37. The van der Waals surface area contributed by atoms with E-state index in [1.54, 1.807) is 14.2 Å². The van der Waals surface area contributed by atoms with E-state index in [2.05, 4.69) is 28.1 Å². The maximum absolute atomic E-state index is 13.5. The Bertz CT molecular complexity index is 1080. The zero-order valence-electron chi connectivity index (χ0n) is 19.9. The van der Waals surface area contributed by atoms with Gasteiger partial charge in [-0.3, -0.25) is 14.7 Å². The van der Waals surface area contributed by atoms with Crippen molar-refractivity contribution in [2.45, 2.75) is 38.3 Å². The number of likely N-dealkylation sites (tertiary alicyclic amines) is 1. The van der Waals surface area contributed by atoms with Gasteiger partial charge >= 0.3 is 0 Å². The predicted octanol–water partition coefficient (Wildman–Crippen LogP) is 3.89. The Balaban J connectivity index is 1.38. The lowest BCUT2D eigenvalue weighted by Gasteiger charge is -2.42. The second-order valence-electron chi connectivity index (χ2n) is 9.22. The highest BCUT2D eigenvalue weighted by Crippen LogP contribution is 2.38. The number of hydrogen-bond acceptors (Lipinski definition) is 6. The van der Waals surface area contributed by atoms with Crippen LogP contribution in [0.5, 0.6) is 11.5 Å². The molecule has 178 valence electrons. The van der Waals surface area contributed by atoms with Gasteiger partial charge < -0.3 is 9.47 Å². The molecule has 3 aliphatic rings. The molecule has 1 aromatic heterocycles. The van der Waals surface area contributed by atoms with Gasteiger partial charge in [0.05, 0.1) is 37.6 Å². The first-order chi connectivity index (χ1) is 16.7. The number of ether oxygens (including phenoxy) is 2. The highest BCUT2D eigenvalue weighted by molar-refractivity contribution is 6.07. The molecule has 0 spiro atoms. The highest BCUT2D eigenvalue weighted by Gasteiger charge is 2.42. The standard InChI is InChI=1S/C27H32N4O3/c1-33-24-11-10-19(17-25(24)34-2)26-22-8-3-4-9-23(22)27(32)31(29-26)21-12-15-30(16-13-21)18-20-7-5-6-14-28-20/h3-7,10-11,14,17,21-23H,8-9,12-13,15-16,18H2,1-2H3/t22-,23+/m0/s1. The van der Waals surface area contributed by atoms with Crippen molar-refractivity contribution in [3.8, 4) is 11.5 Å². The molecule has 7 heteroatoms. The van der Waals surface area contributed by atoms with Gasteiger partial charge in [0.2, 0.25) is 5.91 Å². The van der Waals surface area contributed by atoms with Gasteiger partial charge in [0, 0.05) is 37.3 Å². The maximum Gasteiger partial charge on any atom is 0.247 e. The normalized spacial score (nSPS) is 23.4. The van der Waals surface area contributed by atoms with Crippen LogP contribution in [0.3, 0.4) is 0 Å². The molecule has 0 unspecified atom stereocenters. The largest absolute Gasteiger partial charge is 0.493 e. The number of piperidine rings is 1. The number of nitrogens with zero attached hydrogens (tertiary/aromatic N) is 4. The number of rotatable bonds is 6. The minimum atomic E-state index is -0.0582. The number of hydrazone groups is 1.